The highest BCUT2D eigenvalue weighted by molar-refractivity contribution is 5.85. The monoisotopic (exact) mass is 319 g/mol. The number of aryl methyl sites for hydroxylation is 2. The van der Waals surface area contributed by atoms with E-state index in [9.17, 15) is 14.9 Å². The topological polar surface area (TPSA) is 102 Å². The molecule has 0 aliphatic rings. The van der Waals surface area contributed by atoms with Gasteiger partial charge < -0.3 is 10.6 Å². The molecule has 0 saturated carbocycles. The van der Waals surface area contributed by atoms with Crippen LogP contribution in [0.25, 0.3) is 0 Å². The molecule has 1 unspecified atom stereocenters. The molecule has 1 aromatic rings. The molecule has 9 heteroatoms. The van der Waals surface area contributed by atoms with Crippen molar-refractivity contribution in [2.75, 3.05) is 13.6 Å². The number of carbonyl (C=O) groups is 1. The van der Waals surface area contributed by atoms with Crippen LogP contribution in [0.15, 0.2) is 0 Å². The minimum atomic E-state index is -0.442. The Hall–Kier alpha value is -1.67. The Balaban J connectivity index is 0.00000400. The summed E-state index contributed by atoms with van der Waals surface area (Å²) in [5.74, 6) is -0.0951. The lowest BCUT2D eigenvalue weighted by atomic mass is 10.3. The summed E-state index contributed by atoms with van der Waals surface area (Å²) in [7, 11) is 1.83. The van der Waals surface area contributed by atoms with Crippen molar-refractivity contribution in [1.82, 2.24) is 20.4 Å². The molecule has 0 fully saturated rings. The third-order valence-electron chi connectivity index (χ3n) is 3.17. The second-order valence-electron chi connectivity index (χ2n) is 4.74. The fraction of sp³-hybridized carbons (Fsp3) is 0.667. The van der Waals surface area contributed by atoms with Crippen LogP contribution in [0.4, 0.5) is 5.69 Å². The van der Waals surface area contributed by atoms with E-state index in [-0.39, 0.29) is 36.5 Å². The van der Waals surface area contributed by atoms with Gasteiger partial charge >= 0.3 is 5.69 Å². The first-order valence-electron chi connectivity index (χ1n) is 6.49. The minimum Gasteiger partial charge on any atom is -0.354 e. The molecule has 0 aliphatic carbocycles. The molecule has 1 aromatic heterocycles. The summed E-state index contributed by atoms with van der Waals surface area (Å²) < 4.78 is 1.51. The second kappa shape index (κ2) is 8.58. The number of amides is 1. The average Bonchev–Trinajstić information content (AvgIpc) is 2.68. The zero-order valence-electron chi connectivity index (χ0n) is 12.7. The van der Waals surface area contributed by atoms with Gasteiger partial charge in [0.15, 0.2) is 0 Å². The Morgan fingerprint density at radius 3 is 2.57 bits per heavy atom. The number of nitrogens with one attached hydrogen (secondary N) is 2. The smallest absolute Gasteiger partial charge is 0.312 e. The van der Waals surface area contributed by atoms with Gasteiger partial charge in [0.1, 0.15) is 11.4 Å². The van der Waals surface area contributed by atoms with Gasteiger partial charge in [-0.05, 0) is 27.8 Å². The van der Waals surface area contributed by atoms with Gasteiger partial charge in [0.2, 0.25) is 5.91 Å². The predicted molar refractivity (Wildman–Crippen MR) is 81.8 cm³/mol. The van der Waals surface area contributed by atoms with E-state index in [1.165, 1.54) is 4.68 Å². The molecule has 1 amide bonds. The normalized spacial score (nSPS) is 11.6. The van der Waals surface area contributed by atoms with Gasteiger partial charge in [-0.25, -0.2) is 0 Å². The Morgan fingerprint density at radius 1 is 1.48 bits per heavy atom. The zero-order chi connectivity index (χ0) is 15.3. The number of nitro groups is 1. The van der Waals surface area contributed by atoms with Crippen LogP contribution in [0.1, 0.15) is 24.7 Å². The van der Waals surface area contributed by atoms with E-state index in [0.29, 0.717) is 24.5 Å². The third-order valence-corrected chi connectivity index (χ3v) is 3.17. The van der Waals surface area contributed by atoms with Gasteiger partial charge in [-0.2, -0.15) is 5.10 Å². The summed E-state index contributed by atoms with van der Waals surface area (Å²) in [4.78, 5) is 22.1. The van der Waals surface area contributed by atoms with Crippen LogP contribution >= 0.6 is 12.4 Å². The van der Waals surface area contributed by atoms with Crippen LogP contribution < -0.4 is 10.6 Å². The number of rotatable bonds is 7. The molecule has 0 aromatic carbocycles. The molecule has 8 nitrogen and oxygen atoms in total. The quantitative estimate of drug-likeness (QED) is 0.575. The van der Waals surface area contributed by atoms with Gasteiger partial charge in [0.25, 0.3) is 0 Å². The van der Waals surface area contributed by atoms with Gasteiger partial charge in [-0.1, -0.05) is 0 Å². The number of carbonyl (C=O) groups excluding carboxylic acids is 1. The summed E-state index contributed by atoms with van der Waals surface area (Å²) >= 11 is 0. The molecule has 1 atom stereocenters. The van der Waals surface area contributed by atoms with Gasteiger partial charge in [-0.3, -0.25) is 19.6 Å². The van der Waals surface area contributed by atoms with Gasteiger partial charge in [0.05, 0.1) is 11.5 Å². The van der Waals surface area contributed by atoms with E-state index >= 15 is 0 Å². The van der Waals surface area contributed by atoms with Gasteiger partial charge in [-0.15, -0.1) is 12.4 Å². The highest BCUT2D eigenvalue weighted by Gasteiger charge is 2.21. The number of likely N-dealkylation sites (N-methyl/N-ethyl adjacent to an activating group) is 1. The van der Waals surface area contributed by atoms with Crippen molar-refractivity contribution in [3.05, 3.63) is 21.5 Å². The molecule has 21 heavy (non-hydrogen) atoms. The van der Waals surface area contributed by atoms with E-state index in [0.717, 1.165) is 0 Å². The van der Waals surface area contributed by atoms with Crippen molar-refractivity contribution in [3.63, 3.8) is 0 Å². The lowest BCUT2D eigenvalue weighted by Crippen LogP contribution is -2.37. The fourth-order valence-corrected chi connectivity index (χ4v) is 1.83. The van der Waals surface area contributed by atoms with Crippen molar-refractivity contribution in [3.8, 4) is 0 Å². The lowest BCUT2D eigenvalue weighted by molar-refractivity contribution is -0.386. The Bertz CT molecular complexity index is 503. The second-order valence-corrected chi connectivity index (χ2v) is 4.74. The number of aromatic nitrogens is 2. The van der Waals surface area contributed by atoms with E-state index in [4.69, 9.17) is 0 Å². The highest BCUT2D eigenvalue weighted by Crippen LogP contribution is 2.21. The summed E-state index contributed by atoms with van der Waals surface area (Å²) in [6.45, 7) is 6.08. The first-order chi connectivity index (χ1) is 9.36. The lowest BCUT2D eigenvalue weighted by Gasteiger charge is -2.11. The zero-order valence-corrected chi connectivity index (χ0v) is 13.5. The van der Waals surface area contributed by atoms with Crippen molar-refractivity contribution >= 4 is 24.0 Å². The molecule has 0 aliphatic heterocycles. The molecule has 1 rings (SSSR count). The molecular weight excluding hydrogens is 298 g/mol. The summed E-state index contributed by atoms with van der Waals surface area (Å²) in [6, 6.07) is 0.203. The first-order valence-corrected chi connectivity index (χ1v) is 6.49. The van der Waals surface area contributed by atoms with E-state index in [1.54, 1.807) is 13.8 Å². The van der Waals surface area contributed by atoms with E-state index in [1.807, 2.05) is 14.0 Å². The van der Waals surface area contributed by atoms with Crippen molar-refractivity contribution < 1.29 is 9.72 Å². The molecule has 120 valence electrons. The van der Waals surface area contributed by atoms with Crippen LogP contribution in [0.2, 0.25) is 0 Å². The summed E-state index contributed by atoms with van der Waals surface area (Å²) in [5, 5.41) is 20.8. The molecular formula is C12H22ClN5O3. The van der Waals surface area contributed by atoms with Crippen LogP contribution in [0.5, 0.6) is 0 Å². The Labute approximate surface area is 129 Å². The van der Waals surface area contributed by atoms with Gasteiger partial charge in [0, 0.05) is 19.0 Å². The molecule has 2 N–H and O–H groups in total. The van der Waals surface area contributed by atoms with Crippen LogP contribution in [0, 0.1) is 24.0 Å². The SMILES string of the molecule is CNC(C)CNC(=O)CCn1nc(C)c([N+](=O)[O-])c1C.Cl. The maximum Gasteiger partial charge on any atom is 0.312 e. The first kappa shape index (κ1) is 19.3. The molecule has 0 spiro atoms. The maximum absolute atomic E-state index is 11.7. The Kier molecular flexibility index (Phi) is 7.90. The Morgan fingerprint density at radius 2 is 2.10 bits per heavy atom. The fourth-order valence-electron chi connectivity index (χ4n) is 1.83. The van der Waals surface area contributed by atoms with Crippen LogP contribution in [-0.4, -0.2) is 40.2 Å². The average molecular weight is 320 g/mol. The number of hydrogen-bond acceptors (Lipinski definition) is 5. The number of halogens is 1. The van der Waals surface area contributed by atoms with Crippen molar-refractivity contribution in [2.45, 2.75) is 39.8 Å². The van der Waals surface area contributed by atoms with Crippen molar-refractivity contribution in [2.24, 2.45) is 0 Å². The van der Waals surface area contributed by atoms with E-state index < -0.39 is 4.92 Å². The minimum absolute atomic E-state index is 0. The third kappa shape index (κ3) is 5.31. The molecule has 0 bridgehead atoms. The predicted octanol–water partition coefficient (Wildman–Crippen LogP) is 0.944. The van der Waals surface area contributed by atoms with Crippen molar-refractivity contribution in [1.29, 1.82) is 0 Å². The summed E-state index contributed by atoms with van der Waals surface area (Å²) in [6.07, 6.45) is 0.246. The van der Waals surface area contributed by atoms with E-state index in [2.05, 4.69) is 15.7 Å². The largest absolute Gasteiger partial charge is 0.354 e. The standard InChI is InChI=1S/C12H21N5O3.ClH/c1-8(13-4)7-14-11(18)5-6-16-10(3)12(17(19)20)9(2)15-16;/h8,13H,5-7H2,1-4H3,(H,14,18);1H. The molecule has 0 saturated heterocycles. The van der Waals surface area contributed by atoms with Crippen LogP contribution in [-0.2, 0) is 11.3 Å². The molecule has 1 heterocycles. The molecule has 0 radical (unpaired) electrons. The maximum atomic E-state index is 11.7. The number of hydrogen-bond donors (Lipinski definition) is 2. The summed E-state index contributed by atoms with van der Waals surface area (Å²) in [5.41, 5.74) is 0.870. The highest BCUT2D eigenvalue weighted by atomic mass is 35.5. The van der Waals surface area contributed by atoms with Crippen LogP contribution in [0.3, 0.4) is 0 Å². The number of nitrogens with zero attached hydrogens (tertiary/aromatic N) is 3.